The van der Waals surface area contributed by atoms with Gasteiger partial charge in [-0.3, -0.25) is 18.5 Å². The van der Waals surface area contributed by atoms with Gasteiger partial charge in [-0.25, -0.2) is 10.2 Å². The summed E-state index contributed by atoms with van der Waals surface area (Å²) in [5.41, 5.74) is 3.93. The average molecular weight is 318 g/mol. The normalized spacial score (nSPS) is 17.3. The summed E-state index contributed by atoms with van der Waals surface area (Å²) < 4.78 is 4.57. The molecule has 124 valence electrons. The fraction of sp³-hybridized carbons (Fsp3) is 0.600. The van der Waals surface area contributed by atoms with Crippen molar-refractivity contribution < 1.29 is 0 Å². The van der Waals surface area contributed by atoms with Gasteiger partial charge in [-0.15, -0.1) is 0 Å². The van der Waals surface area contributed by atoms with Crippen molar-refractivity contribution in [2.24, 2.45) is 18.1 Å². The van der Waals surface area contributed by atoms with E-state index in [0.717, 1.165) is 12.1 Å². The van der Waals surface area contributed by atoms with Crippen molar-refractivity contribution >= 4 is 22.8 Å². The lowest BCUT2D eigenvalue weighted by atomic mass is 10.1. The van der Waals surface area contributed by atoms with Gasteiger partial charge >= 0.3 is 5.69 Å². The maximum atomic E-state index is 12.9. The summed E-state index contributed by atoms with van der Waals surface area (Å²) >= 11 is 0. The Morgan fingerprint density at radius 1 is 1.30 bits per heavy atom. The number of hydrazone groups is 1. The molecule has 0 aliphatic carbocycles. The Hall–Kier alpha value is -2.38. The smallest absolute Gasteiger partial charge is 0.294 e. The van der Waals surface area contributed by atoms with Gasteiger partial charge in [0.05, 0.1) is 11.8 Å². The Kier molecular flexibility index (Phi) is 3.62. The maximum absolute atomic E-state index is 12.9. The largest absolute Gasteiger partial charge is 0.332 e. The van der Waals surface area contributed by atoms with Crippen molar-refractivity contribution in [2.45, 2.75) is 46.7 Å². The van der Waals surface area contributed by atoms with Gasteiger partial charge in [0.25, 0.3) is 5.56 Å². The molecule has 0 fully saturated rings. The van der Waals surface area contributed by atoms with Crippen molar-refractivity contribution in [1.82, 2.24) is 18.7 Å². The summed E-state index contributed by atoms with van der Waals surface area (Å²) in [7, 11) is 1.65. The number of aromatic nitrogens is 4. The van der Waals surface area contributed by atoms with E-state index in [9.17, 15) is 9.59 Å². The first kappa shape index (κ1) is 15.5. The molecule has 0 aromatic carbocycles. The maximum Gasteiger partial charge on any atom is 0.332 e. The van der Waals surface area contributed by atoms with Crippen LogP contribution in [0.15, 0.2) is 14.7 Å². The topological polar surface area (TPSA) is 86.2 Å². The number of hydrogen-bond donors (Lipinski definition) is 1. The van der Waals surface area contributed by atoms with Gasteiger partial charge in [0, 0.05) is 13.6 Å². The second kappa shape index (κ2) is 5.36. The third-order valence-corrected chi connectivity index (χ3v) is 4.43. The zero-order valence-electron chi connectivity index (χ0n) is 14.1. The predicted molar refractivity (Wildman–Crippen MR) is 90.1 cm³/mol. The van der Waals surface area contributed by atoms with Crippen LogP contribution in [0.4, 0.5) is 5.95 Å². The molecule has 1 N–H and O–H groups in total. The molecule has 1 unspecified atom stereocenters. The Morgan fingerprint density at radius 3 is 2.65 bits per heavy atom. The van der Waals surface area contributed by atoms with Crippen molar-refractivity contribution in [3.8, 4) is 0 Å². The van der Waals surface area contributed by atoms with E-state index in [1.54, 1.807) is 7.05 Å². The molecule has 0 saturated heterocycles. The standard InChI is InChI=1S/C15H22N6O2/c1-8(2)6-7-20-13(22)11-12(19(5)15(20)23)16-14-18-17-9(3)10(4)21(11)14/h8,10H,6-7H2,1-5H3,(H,16,18). The third kappa shape index (κ3) is 2.29. The Bertz CT molecular complexity index is 915. The zero-order valence-corrected chi connectivity index (χ0v) is 14.1. The first-order valence-electron chi connectivity index (χ1n) is 7.84. The molecular formula is C15H22N6O2. The number of fused-ring (bicyclic) bond motifs is 3. The van der Waals surface area contributed by atoms with E-state index in [1.807, 2.05) is 18.4 Å². The molecule has 3 rings (SSSR count). The van der Waals surface area contributed by atoms with Crippen LogP contribution in [0.3, 0.4) is 0 Å². The monoisotopic (exact) mass is 318 g/mol. The SMILES string of the molecule is CC1=NNc2nc3c(c(=O)n(CCC(C)C)c(=O)n3C)n2C1C. The summed E-state index contributed by atoms with van der Waals surface area (Å²) in [4.78, 5) is 29.8. The molecule has 8 heteroatoms. The summed E-state index contributed by atoms with van der Waals surface area (Å²) in [6.07, 6.45) is 0.774. The highest BCUT2D eigenvalue weighted by Gasteiger charge is 2.26. The highest BCUT2D eigenvalue weighted by Crippen LogP contribution is 2.25. The zero-order chi connectivity index (χ0) is 16.9. The molecule has 0 spiro atoms. The molecule has 0 radical (unpaired) electrons. The number of nitrogens with zero attached hydrogens (tertiary/aromatic N) is 5. The van der Waals surface area contributed by atoms with Crippen LogP contribution in [-0.4, -0.2) is 24.4 Å². The van der Waals surface area contributed by atoms with E-state index in [1.165, 1.54) is 9.13 Å². The molecule has 8 nitrogen and oxygen atoms in total. The van der Waals surface area contributed by atoms with Gasteiger partial charge in [-0.1, -0.05) is 13.8 Å². The number of aryl methyl sites for hydroxylation is 1. The molecule has 1 atom stereocenters. The minimum absolute atomic E-state index is 0.0833. The Morgan fingerprint density at radius 2 is 2.00 bits per heavy atom. The fourth-order valence-electron chi connectivity index (χ4n) is 2.80. The molecule has 23 heavy (non-hydrogen) atoms. The lowest BCUT2D eigenvalue weighted by molar-refractivity contribution is 0.487. The number of anilines is 1. The van der Waals surface area contributed by atoms with Gasteiger partial charge in [0.15, 0.2) is 11.2 Å². The second-order valence-electron chi connectivity index (χ2n) is 6.50. The van der Waals surface area contributed by atoms with Gasteiger partial charge in [-0.2, -0.15) is 10.1 Å². The fourth-order valence-corrected chi connectivity index (χ4v) is 2.80. The molecule has 2 aromatic rings. The molecule has 1 aliphatic heterocycles. The van der Waals surface area contributed by atoms with Crippen LogP contribution < -0.4 is 16.7 Å². The van der Waals surface area contributed by atoms with Crippen molar-refractivity contribution in [2.75, 3.05) is 5.43 Å². The van der Waals surface area contributed by atoms with E-state index in [4.69, 9.17) is 0 Å². The number of hydrogen-bond acceptors (Lipinski definition) is 5. The molecule has 0 bridgehead atoms. The molecule has 0 saturated carbocycles. The molecular weight excluding hydrogens is 296 g/mol. The average Bonchev–Trinajstić information content (AvgIpc) is 2.89. The number of rotatable bonds is 3. The quantitative estimate of drug-likeness (QED) is 0.924. The molecule has 0 amide bonds. The van der Waals surface area contributed by atoms with Crippen molar-refractivity contribution in [1.29, 1.82) is 0 Å². The van der Waals surface area contributed by atoms with E-state index in [-0.39, 0.29) is 17.3 Å². The van der Waals surface area contributed by atoms with Crippen LogP contribution in [0.5, 0.6) is 0 Å². The summed E-state index contributed by atoms with van der Waals surface area (Å²) in [6.45, 7) is 8.41. The van der Waals surface area contributed by atoms with E-state index < -0.39 is 0 Å². The second-order valence-corrected chi connectivity index (χ2v) is 6.50. The summed E-state index contributed by atoms with van der Waals surface area (Å²) in [5.74, 6) is 0.906. The highest BCUT2D eigenvalue weighted by molar-refractivity contribution is 5.90. The predicted octanol–water partition coefficient (Wildman–Crippen LogP) is 1.31. The lowest BCUT2D eigenvalue weighted by Gasteiger charge is -2.21. The third-order valence-electron chi connectivity index (χ3n) is 4.43. The highest BCUT2D eigenvalue weighted by atomic mass is 16.2. The molecule has 2 aromatic heterocycles. The molecule has 3 heterocycles. The Labute approximate surface area is 133 Å². The van der Waals surface area contributed by atoms with Gasteiger partial charge in [0.2, 0.25) is 5.95 Å². The summed E-state index contributed by atoms with van der Waals surface area (Å²) in [6, 6.07) is -0.0833. The van der Waals surface area contributed by atoms with Crippen LogP contribution in [-0.2, 0) is 13.6 Å². The van der Waals surface area contributed by atoms with Crippen LogP contribution >= 0.6 is 0 Å². The van der Waals surface area contributed by atoms with Crippen molar-refractivity contribution in [3.05, 3.63) is 20.8 Å². The minimum Gasteiger partial charge on any atom is -0.294 e. The van der Waals surface area contributed by atoms with Crippen LogP contribution in [0, 0.1) is 5.92 Å². The first-order chi connectivity index (χ1) is 10.8. The van der Waals surface area contributed by atoms with E-state index in [0.29, 0.717) is 29.6 Å². The minimum atomic E-state index is -0.330. The summed E-state index contributed by atoms with van der Waals surface area (Å²) in [5, 5.41) is 4.20. The number of nitrogens with one attached hydrogen (secondary N) is 1. The Balaban J connectivity index is 2.30. The van der Waals surface area contributed by atoms with Crippen LogP contribution in [0.25, 0.3) is 11.2 Å². The number of imidazole rings is 1. The van der Waals surface area contributed by atoms with E-state index in [2.05, 4.69) is 29.4 Å². The van der Waals surface area contributed by atoms with Gasteiger partial charge in [0.1, 0.15) is 0 Å². The molecule has 1 aliphatic rings. The first-order valence-corrected chi connectivity index (χ1v) is 7.84. The van der Waals surface area contributed by atoms with Gasteiger partial charge < -0.3 is 0 Å². The van der Waals surface area contributed by atoms with Crippen molar-refractivity contribution in [3.63, 3.8) is 0 Å². The van der Waals surface area contributed by atoms with E-state index >= 15 is 0 Å². The van der Waals surface area contributed by atoms with Gasteiger partial charge in [-0.05, 0) is 26.2 Å². The van der Waals surface area contributed by atoms with Crippen LogP contribution in [0.1, 0.15) is 40.2 Å². The lowest BCUT2D eigenvalue weighted by Crippen LogP contribution is -2.40. The van der Waals surface area contributed by atoms with Crippen LogP contribution in [0.2, 0.25) is 0 Å².